The molecule has 3 rings (SSSR count). The third-order valence-corrected chi connectivity index (χ3v) is 4.27. The second-order valence-corrected chi connectivity index (χ2v) is 6.30. The largest absolute Gasteiger partial charge is 0.492 e. The minimum absolute atomic E-state index is 0.000641. The predicted molar refractivity (Wildman–Crippen MR) is 97.5 cm³/mol. The third-order valence-electron chi connectivity index (χ3n) is 3.95. The number of rotatable bonds is 5. The van der Waals surface area contributed by atoms with Gasteiger partial charge in [-0.15, -0.1) is 0 Å². The highest BCUT2D eigenvalue weighted by atomic mass is 35.5. The van der Waals surface area contributed by atoms with Gasteiger partial charge in [0.15, 0.2) is 0 Å². The first-order valence-corrected chi connectivity index (χ1v) is 8.48. The Labute approximate surface area is 155 Å². The summed E-state index contributed by atoms with van der Waals surface area (Å²) in [5.74, 6) is 0.748. The van der Waals surface area contributed by atoms with Gasteiger partial charge in [-0.1, -0.05) is 11.6 Å². The quantitative estimate of drug-likeness (QED) is 0.623. The Morgan fingerprint density at radius 2 is 2.19 bits per heavy atom. The maximum Gasteiger partial charge on any atom is 0.270 e. The Morgan fingerprint density at radius 3 is 2.85 bits per heavy atom. The van der Waals surface area contributed by atoms with Gasteiger partial charge in [-0.25, -0.2) is 0 Å². The first kappa shape index (κ1) is 18.0. The average Bonchev–Trinajstić information content (AvgIpc) is 2.94. The van der Waals surface area contributed by atoms with E-state index in [1.807, 2.05) is 19.9 Å². The van der Waals surface area contributed by atoms with Crippen LogP contribution in [0.4, 0.5) is 11.4 Å². The zero-order valence-corrected chi connectivity index (χ0v) is 15.0. The van der Waals surface area contributed by atoms with Crippen LogP contribution in [0.2, 0.25) is 5.02 Å². The zero-order valence-electron chi connectivity index (χ0n) is 14.2. The molecule has 2 aromatic carbocycles. The van der Waals surface area contributed by atoms with Crippen LogP contribution >= 0.6 is 11.6 Å². The van der Waals surface area contributed by atoms with E-state index in [1.54, 1.807) is 6.07 Å². The van der Waals surface area contributed by atoms with E-state index in [0.717, 1.165) is 18.1 Å². The van der Waals surface area contributed by atoms with E-state index < -0.39 is 10.8 Å². The van der Waals surface area contributed by atoms with Crippen LogP contribution in [0.3, 0.4) is 0 Å². The highest BCUT2D eigenvalue weighted by molar-refractivity contribution is 6.34. The van der Waals surface area contributed by atoms with Crippen molar-refractivity contribution >= 4 is 28.9 Å². The minimum Gasteiger partial charge on any atom is -0.492 e. The second-order valence-electron chi connectivity index (χ2n) is 5.90. The standard InChI is InChI=1S/C18H17ClN2O5/c1-3-25-17-7-11-6-10(2)26-16(11)9-15(17)20-18(22)13-5-4-12(21(23)24)8-14(13)19/h4-5,7-10H,3,6H2,1-2H3,(H,20,22)/t10-/m1/s1. The number of non-ortho nitro benzene ring substituents is 1. The Bertz CT molecular complexity index is 884. The lowest BCUT2D eigenvalue weighted by Crippen LogP contribution is -2.14. The summed E-state index contributed by atoms with van der Waals surface area (Å²) in [5.41, 5.74) is 1.43. The molecule has 1 aliphatic rings. The van der Waals surface area contributed by atoms with E-state index in [-0.39, 0.29) is 22.4 Å². The number of nitrogens with zero attached hydrogens (tertiary/aromatic N) is 1. The monoisotopic (exact) mass is 376 g/mol. The number of amides is 1. The van der Waals surface area contributed by atoms with Gasteiger partial charge in [-0.05, 0) is 26.0 Å². The summed E-state index contributed by atoms with van der Waals surface area (Å²) in [6.07, 6.45) is 0.840. The van der Waals surface area contributed by atoms with Crippen LogP contribution in [0.25, 0.3) is 0 Å². The SMILES string of the molecule is CCOc1cc2c(cc1NC(=O)c1ccc([N+](=O)[O-])cc1Cl)O[C@H](C)C2. The minimum atomic E-state index is -0.570. The maximum absolute atomic E-state index is 12.6. The molecule has 0 saturated carbocycles. The molecule has 0 aromatic heterocycles. The molecule has 1 atom stereocenters. The van der Waals surface area contributed by atoms with Gasteiger partial charge in [-0.2, -0.15) is 0 Å². The van der Waals surface area contributed by atoms with Crippen molar-refractivity contribution in [1.29, 1.82) is 0 Å². The van der Waals surface area contributed by atoms with Crippen LogP contribution in [-0.2, 0) is 6.42 Å². The molecule has 8 heteroatoms. The molecule has 0 radical (unpaired) electrons. The number of halogens is 1. The summed E-state index contributed by atoms with van der Waals surface area (Å²) in [4.78, 5) is 22.8. The van der Waals surface area contributed by atoms with Crippen LogP contribution in [-0.4, -0.2) is 23.5 Å². The third kappa shape index (κ3) is 3.57. The van der Waals surface area contributed by atoms with Gasteiger partial charge in [0.25, 0.3) is 11.6 Å². The first-order chi connectivity index (χ1) is 12.4. The summed E-state index contributed by atoms with van der Waals surface area (Å²) in [5, 5.41) is 13.5. The number of benzene rings is 2. The van der Waals surface area contributed by atoms with Gasteiger partial charge in [0.05, 0.1) is 27.8 Å². The van der Waals surface area contributed by atoms with Crippen LogP contribution in [0, 0.1) is 10.1 Å². The number of nitrogens with one attached hydrogen (secondary N) is 1. The predicted octanol–water partition coefficient (Wildman–Crippen LogP) is 4.22. The summed E-state index contributed by atoms with van der Waals surface area (Å²) >= 11 is 6.03. The molecule has 0 bridgehead atoms. The lowest BCUT2D eigenvalue weighted by atomic mass is 10.1. The molecule has 1 amide bonds. The van der Waals surface area contributed by atoms with Crippen LogP contribution < -0.4 is 14.8 Å². The molecule has 136 valence electrons. The van der Waals surface area contributed by atoms with Crippen LogP contribution in [0.15, 0.2) is 30.3 Å². The highest BCUT2D eigenvalue weighted by Crippen LogP contribution is 2.38. The molecule has 0 fully saturated rings. The first-order valence-electron chi connectivity index (χ1n) is 8.10. The van der Waals surface area contributed by atoms with Crippen LogP contribution in [0.5, 0.6) is 11.5 Å². The molecule has 0 aliphatic carbocycles. The number of fused-ring (bicyclic) bond motifs is 1. The Morgan fingerprint density at radius 1 is 1.42 bits per heavy atom. The van der Waals surface area contributed by atoms with Gasteiger partial charge in [0, 0.05) is 30.2 Å². The van der Waals surface area contributed by atoms with E-state index in [0.29, 0.717) is 23.8 Å². The van der Waals surface area contributed by atoms with Crippen molar-refractivity contribution in [2.45, 2.75) is 26.4 Å². The van der Waals surface area contributed by atoms with E-state index in [2.05, 4.69) is 5.32 Å². The highest BCUT2D eigenvalue weighted by Gasteiger charge is 2.23. The molecule has 1 aliphatic heterocycles. The summed E-state index contributed by atoms with van der Waals surface area (Å²) in [6, 6.07) is 7.28. The molecular weight excluding hydrogens is 360 g/mol. The van der Waals surface area contributed by atoms with E-state index in [9.17, 15) is 14.9 Å². The number of nitro groups is 1. The van der Waals surface area contributed by atoms with E-state index in [1.165, 1.54) is 12.1 Å². The molecular formula is C18H17ClN2O5. The van der Waals surface area contributed by atoms with Crippen molar-refractivity contribution in [3.8, 4) is 11.5 Å². The molecule has 0 spiro atoms. The summed E-state index contributed by atoms with van der Waals surface area (Å²) in [6.45, 7) is 4.26. The van der Waals surface area contributed by atoms with Crippen molar-refractivity contribution in [3.63, 3.8) is 0 Å². The van der Waals surface area contributed by atoms with E-state index >= 15 is 0 Å². The number of nitro benzene ring substituents is 1. The number of hydrogen-bond acceptors (Lipinski definition) is 5. The molecule has 1 heterocycles. The van der Waals surface area contributed by atoms with Gasteiger partial charge in [-0.3, -0.25) is 14.9 Å². The molecule has 0 unspecified atom stereocenters. The number of hydrogen-bond donors (Lipinski definition) is 1. The van der Waals surface area contributed by atoms with Crippen molar-refractivity contribution in [2.75, 3.05) is 11.9 Å². The lowest BCUT2D eigenvalue weighted by Gasteiger charge is -2.14. The lowest BCUT2D eigenvalue weighted by molar-refractivity contribution is -0.384. The van der Waals surface area contributed by atoms with Gasteiger partial charge >= 0.3 is 0 Å². The normalized spacial score (nSPS) is 15.1. The van der Waals surface area contributed by atoms with Crippen molar-refractivity contribution in [1.82, 2.24) is 0 Å². The molecule has 2 aromatic rings. The molecule has 26 heavy (non-hydrogen) atoms. The average molecular weight is 377 g/mol. The Kier molecular flexibility index (Phi) is 4.99. The second kappa shape index (κ2) is 7.21. The van der Waals surface area contributed by atoms with Crippen molar-refractivity contribution in [2.24, 2.45) is 0 Å². The molecule has 1 N–H and O–H groups in total. The number of anilines is 1. The van der Waals surface area contributed by atoms with Gasteiger partial charge < -0.3 is 14.8 Å². The fraction of sp³-hybridized carbons (Fsp3) is 0.278. The molecule has 0 saturated heterocycles. The van der Waals surface area contributed by atoms with Crippen molar-refractivity contribution < 1.29 is 19.2 Å². The van der Waals surface area contributed by atoms with Gasteiger partial charge in [0.1, 0.15) is 17.6 Å². The Hall–Kier alpha value is -2.80. The topological polar surface area (TPSA) is 90.7 Å². The fourth-order valence-corrected chi connectivity index (χ4v) is 3.06. The Balaban J connectivity index is 1.89. The van der Waals surface area contributed by atoms with Gasteiger partial charge in [0.2, 0.25) is 0 Å². The maximum atomic E-state index is 12.6. The fourth-order valence-electron chi connectivity index (χ4n) is 2.80. The van der Waals surface area contributed by atoms with Crippen LogP contribution in [0.1, 0.15) is 29.8 Å². The zero-order chi connectivity index (χ0) is 18.8. The van der Waals surface area contributed by atoms with Crippen molar-refractivity contribution in [3.05, 3.63) is 56.6 Å². The smallest absolute Gasteiger partial charge is 0.270 e. The number of carbonyl (C=O) groups excluding carboxylic acids is 1. The molecule has 7 nitrogen and oxygen atoms in total. The summed E-state index contributed by atoms with van der Waals surface area (Å²) in [7, 11) is 0. The number of ether oxygens (including phenoxy) is 2. The van der Waals surface area contributed by atoms with E-state index in [4.69, 9.17) is 21.1 Å². The summed E-state index contributed by atoms with van der Waals surface area (Å²) < 4.78 is 11.3. The number of carbonyl (C=O) groups is 1.